The molecule has 0 saturated carbocycles. The molecule has 0 saturated heterocycles. The molecule has 0 aliphatic carbocycles. The number of para-hydroxylation sites is 2. The monoisotopic (exact) mass is 335 g/mol. The lowest BCUT2D eigenvalue weighted by Gasteiger charge is -2.10. The lowest BCUT2D eigenvalue weighted by atomic mass is 10.2. The molecule has 1 N–H and O–H groups in total. The minimum absolute atomic E-state index is 0.761. The second-order valence-electron chi connectivity index (χ2n) is 3.82. The molecule has 0 aliphatic heterocycles. The fourth-order valence-corrected chi connectivity index (χ4v) is 3.15. The number of hydrogen-bond donors (Lipinski definition) is 1. The van der Waals surface area contributed by atoms with Crippen LogP contribution in [0.2, 0.25) is 0 Å². The Kier molecular flexibility index (Phi) is 3.56. The van der Waals surface area contributed by atoms with Crippen molar-refractivity contribution in [1.82, 2.24) is 20.2 Å². The molecule has 0 aliphatic rings. The van der Waals surface area contributed by atoms with Gasteiger partial charge in [-0.3, -0.25) is 0 Å². The summed E-state index contributed by atoms with van der Waals surface area (Å²) in [6, 6.07) is 9.98. The maximum absolute atomic E-state index is 3.92. The zero-order chi connectivity index (χ0) is 13.1. The van der Waals surface area contributed by atoms with E-state index in [2.05, 4.69) is 48.2 Å². The highest BCUT2D eigenvalue weighted by molar-refractivity contribution is 9.10. The predicted octanol–water partition coefficient (Wildman–Crippen LogP) is 3.10. The van der Waals surface area contributed by atoms with Gasteiger partial charge in [0.25, 0.3) is 0 Å². The minimum Gasteiger partial charge on any atom is -0.378 e. The van der Waals surface area contributed by atoms with Crippen molar-refractivity contribution in [1.29, 1.82) is 0 Å². The number of tetrazole rings is 1. The summed E-state index contributed by atoms with van der Waals surface area (Å²) < 4.78 is 2.77. The normalized spacial score (nSPS) is 10.6. The second-order valence-corrected chi connectivity index (χ2v) is 5.67. The largest absolute Gasteiger partial charge is 0.378 e. The lowest BCUT2D eigenvalue weighted by molar-refractivity contribution is 0.789. The fourth-order valence-electron chi connectivity index (χ4n) is 1.72. The van der Waals surface area contributed by atoms with Crippen molar-refractivity contribution in [3.63, 3.8) is 0 Å². The third kappa shape index (κ3) is 2.66. The SMILES string of the molecule is Brc1ccsc1CNc1ccccc1-n1cnnn1. The van der Waals surface area contributed by atoms with Crippen molar-refractivity contribution in [2.45, 2.75) is 6.54 Å². The van der Waals surface area contributed by atoms with E-state index in [1.165, 1.54) is 4.88 Å². The number of benzene rings is 1. The second kappa shape index (κ2) is 5.50. The van der Waals surface area contributed by atoms with Gasteiger partial charge < -0.3 is 5.32 Å². The molecule has 0 spiro atoms. The van der Waals surface area contributed by atoms with E-state index in [0.29, 0.717) is 0 Å². The number of nitrogens with one attached hydrogen (secondary N) is 1. The van der Waals surface area contributed by atoms with Gasteiger partial charge in [-0.05, 0) is 49.9 Å². The van der Waals surface area contributed by atoms with Crippen LogP contribution in [-0.2, 0) is 6.54 Å². The minimum atomic E-state index is 0.761. The van der Waals surface area contributed by atoms with Crippen molar-refractivity contribution in [2.24, 2.45) is 0 Å². The number of thiophene rings is 1. The third-order valence-corrected chi connectivity index (χ3v) is 4.56. The highest BCUT2D eigenvalue weighted by atomic mass is 79.9. The van der Waals surface area contributed by atoms with E-state index >= 15 is 0 Å². The average Bonchev–Trinajstić information content (AvgIpc) is 3.08. The Labute approximate surface area is 122 Å². The smallest absolute Gasteiger partial charge is 0.143 e. The Hall–Kier alpha value is -1.73. The molecular formula is C12H10BrN5S. The quantitative estimate of drug-likeness (QED) is 0.795. The summed E-state index contributed by atoms with van der Waals surface area (Å²) in [6.45, 7) is 0.761. The van der Waals surface area contributed by atoms with Gasteiger partial charge in [-0.1, -0.05) is 12.1 Å². The Bertz CT molecular complexity index is 664. The number of aromatic nitrogens is 4. The molecule has 0 bridgehead atoms. The van der Waals surface area contributed by atoms with Crippen LogP contribution in [-0.4, -0.2) is 20.2 Å². The maximum Gasteiger partial charge on any atom is 0.143 e. The first-order valence-electron chi connectivity index (χ1n) is 5.63. The molecule has 7 heteroatoms. The van der Waals surface area contributed by atoms with Crippen LogP contribution in [0.3, 0.4) is 0 Å². The van der Waals surface area contributed by atoms with Crippen molar-refractivity contribution < 1.29 is 0 Å². The average molecular weight is 336 g/mol. The van der Waals surface area contributed by atoms with Crippen LogP contribution in [0, 0.1) is 0 Å². The number of nitrogens with zero attached hydrogens (tertiary/aromatic N) is 4. The predicted molar refractivity (Wildman–Crippen MR) is 78.5 cm³/mol. The molecular weight excluding hydrogens is 326 g/mol. The van der Waals surface area contributed by atoms with Crippen molar-refractivity contribution in [3.05, 3.63) is 51.4 Å². The molecule has 1 aromatic carbocycles. The molecule has 96 valence electrons. The molecule has 0 atom stereocenters. The highest BCUT2D eigenvalue weighted by Crippen LogP contribution is 2.25. The van der Waals surface area contributed by atoms with Gasteiger partial charge in [-0.2, -0.15) is 4.68 Å². The van der Waals surface area contributed by atoms with Crippen LogP contribution in [0.4, 0.5) is 5.69 Å². The van der Waals surface area contributed by atoms with E-state index in [0.717, 1.165) is 22.4 Å². The lowest BCUT2D eigenvalue weighted by Crippen LogP contribution is -2.04. The van der Waals surface area contributed by atoms with Gasteiger partial charge in [0.05, 0.1) is 17.9 Å². The summed E-state index contributed by atoms with van der Waals surface area (Å²) in [4.78, 5) is 1.26. The topological polar surface area (TPSA) is 55.6 Å². The van der Waals surface area contributed by atoms with Crippen molar-refractivity contribution in [3.8, 4) is 5.69 Å². The molecule has 0 radical (unpaired) electrons. The standard InChI is InChI=1S/C12H10BrN5S/c13-9-5-6-19-12(9)7-14-10-3-1-2-4-11(10)18-8-15-16-17-18/h1-6,8,14H,7H2. The van der Waals surface area contributed by atoms with E-state index in [4.69, 9.17) is 0 Å². The highest BCUT2D eigenvalue weighted by Gasteiger charge is 2.06. The van der Waals surface area contributed by atoms with E-state index < -0.39 is 0 Å². The Morgan fingerprint density at radius 1 is 1.26 bits per heavy atom. The number of halogens is 1. The molecule has 3 rings (SSSR count). The third-order valence-electron chi connectivity index (χ3n) is 2.63. The molecule has 0 amide bonds. The van der Waals surface area contributed by atoms with Crippen LogP contribution >= 0.6 is 27.3 Å². The number of anilines is 1. The number of hydrogen-bond acceptors (Lipinski definition) is 5. The molecule has 5 nitrogen and oxygen atoms in total. The van der Waals surface area contributed by atoms with E-state index in [9.17, 15) is 0 Å². The molecule has 0 fully saturated rings. The summed E-state index contributed by atoms with van der Waals surface area (Å²) >= 11 is 5.25. The van der Waals surface area contributed by atoms with Crippen LogP contribution in [0.15, 0.2) is 46.5 Å². The Balaban J connectivity index is 1.84. The van der Waals surface area contributed by atoms with Crippen LogP contribution in [0.25, 0.3) is 5.69 Å². The molecule has 2 aromatic heterocycles. The first-order chi connectivity index (χ1) is 9.34. The summed E-state index contributed by atoms with van der Waals surface area (Å²) in [5, 5.41) is 16.7. The van der Waals surface area contributed by atoms with Gasteiger partial charge in [0, 0.05) is 9.35 Å². The van der Waals surface area contributed by atoms with Gasteiger partial charge in [0.2, 0.25) is 0 Å². The van der Waals surface area contributed by atoms with Gasteiger partial charge in [0.15, 0.2) is 0 Å². The van der Waals surface area contributed by atoms with Crippen molar-refractivity contribution in [2.75, 3.05) is 5.32 Å². The fraction of sp³-hybridized carbons (Fsp3) is 0.0833. The van der Waals surface area contributed by atoms with E-state index in [1.807, 2.05) is 24.3 Å². The first kappa shape index (κ1) is 12.3. The first-order valence-corrected chi connectivity index (χ1v) is 7.30. The molecule has 0 unspecified atom stereocenters. The van der Waals surface area contributed by atoms with Crippen LogP contribution in [0.1, 0.15) is 4.88 Å². The van der Waals surface area contributed by atoms with Crippen LogP contribution in [0.5, 0.6) is 0 Å². The molecule has 3 aromatic rings. The number of rotatable bonds is 4. The zero-order valence-corrected chi connectivity index (χ0v) is 12.2. The van der Waals surface area contributed by atoms with Gasteiger partial charge in [-0.15, -0.1) is 16.4 Å². The van der Waals surface area contributed by atoms with Crippen LogP contribution < -0.4 is 5.32 Å². The van der Waals surface area contributed by atoms with Gasteiger partial charge >= 0.3 is 0 Å². The van der Waals surface area contributed by atoms with Crippen molar-refractivity contribution >= 4 is 33.0 Å². The zero-order valence-electron chi connectivity index (χ0n) is 9.82. The Morgan fingerprint density at radius 3 is 2.89 bits per heavy atom. The summed E-state index contributed by atoms with van der Waals surface area (Å²) in [5.74, 6) is 0. The summed E-state index contributed by atoms with van der Waals surface area (Å²) in [7, 11) is 0. The van der Waals surface area contributed by atoms with Gasteiger partial charge in [-0.25, -0.2) is 0 Å². The van der Waals surface area contributed by atoms with E-state index in [-0.39, 0.29) is 0 Å². The molecule has 19 heavy (non-hydrogen) atoms. The summed E-state index contributed by atoms with van der Waals surface area (Å²) in [5.41, 5.74) is 1.93. The Morgan fingerprint density at radius 2 is 2.16 bits per heavy atom. The van der Waals surface area contributed by atoms with Gasteiger partial charge in [0.1, 0.15) is 6.33 Å². The molecule has 2 heterocycles. The van der Waals surface area contributed by atoms with E-state index in [1.54, 1.807) is 22.3 Å². The summed E-state index contributed by atoms with van der Waals surface area (Å²) in [6.07, 6.45) is 1.58. The maximum atomic E-state index is 3.92.